The smallest absolute Gasteiger partial charge is 0.459 e. The van der Waals surface area contributed by atoms with Crippen molar-refractivity contribution in [1.29, 1.82) is 5.26 Å². The molecular weight excluding hydrogens is 569 g/mol. The first-order valence-electron chi connectivity index (χ1n) is 13.9. The van der Waals surface area contributed by atoms with Gasteiger partial charge in [0.05, 0.1) is 37.5 Å². The SMILES string of the molecule is COC(=O)[C@H](Cc1ccc(OC(C)(C)C)cc1)NP(=O)(OCC(N)(CO)CCc1ccc(C#N)cc1)Oc1ccccc1. The van der Waals surface area contributed by atoms with Gasteiger partial charge in [0.2, 0.25) is 0 Å². The Morgan fingerprint density at radius 1 is 1.00 bits per heavy atom. The number of carbonyl (C=O) groups excluding carboxylic acids is 1. The van der Waals surface area contributed by atoms with Crippen molar-refractivity contribution in [3.8, 4) is 17.6 Å². The fourth-order valence-corrected chi connectivity index (χ4v) is 5.64. The van der Waals surface area contributed by atoms with Crippen LogP contribution in [-0.4, -0.2) is 48.6 Å². The number of nitrogens with one attached hydrogen (secondary N) is 1. The molecule has 10 nitrogen and oxygen atoms in total. The summed E-state index contributed by atoms with van der Waals surface area (Å²) in [4.78, 5) is 12.8. The van der Waals surface area contributed by atoms with E-state index in [1.807, 2.05) is 45.0 Å². The van der Waals surface area contributed by atoms with E-state index >= 15 is 0 Å². The number of ether oxygens (including phenoxy) is 2. The highest BCUT2D eigenvalue weighted by molar-refractivity contribution is 7.52. The molecule has 11 heteroatoms. The van der Waals surface area contributed by atoms with E-state index < -0.39 is 31.9 Å². The number of aliphatic hydroxyl groups excluding tert-OH is 1. The molecule has 4 N–H and O–H groups in total. The molecule has 0 heterocycles. The number of aryl methyl sites for hydroxylation is 1. The summed E-state index contributed by atoms with van der Waals surface area (Å²) >= 11 is 0. The molecule has 0 aliphatic heterocycles. The minimum absolute atomic E-state index is 0.112. The zero-order valence-electron chi connectivity index (χ0n) is 25.0. The number of nitriles is 1. The Bertz CT molecular complexity index is 1400. The Hall–Kier alpha value is -3.71. The van der Waals surface area contributed by atoms with Gasteiger partial charge in [-0.2, -0.15) is 10.3 Å². The number of carbonyl (C=O) groups is 1. The van der Waals surface area contributed by atoms with Crippen LogP contribution >= 0.6 is 7.75 Å². The molecule has 0 aliphatic rings. The first kappa shape index (κ1) is 33.8. The van der Waals surface area contributed by atoms with Gasteiger partial charge in [-0.1, -0.05) is 42.5 Å². The van der Waals surface area contributed by atoms with Gasteiger partial charge in [0, 0.05) is 0 Å². The Balaban J connectivity index is 1.79. The molecule has 0 radical (unpaired) electrons. The number of nitrogens with zero attached hydrogens (tertiary/aromatic N) is 1. The van der Waals surface area contributed by atoms with Crippen LogP contribution in [0.15, 0.2) is 78.9 Å². The maximum Gasteiger partial charge on any atom is 0.459 e. The van der Waals surface area contributed by atoms with Crippen LogP contribution in [0.2, 0.25) is 0 Å². The van der Waals surface area contributed by atoms with Crippen molar-refractivity contribution in [2.75, 3.05) is 20.3 Å². The standard InChI is InChI=1S/C32H40N3O7P/c1-31(2,3)41-27-16-14-25(15-17-27)20-29(30(37)39-4)35-43(38,42-28-8-6-5-7-9-28)40-23-32(34,22-36)19-18-24-10-12-26(21-33)13-11-24/h5-17,29,36H,18-20,22-23,34H2,1-4H3,(H,35,38)/t29-,32?,43?/m0/s1. The van der Waals surface area contributed by atoms with Gasteiger partial charge >= 0.3 is 13.7 Å². The van der Waals surface area contributed by atoms with Crippen LogP contribution in [-0.2, 0) is 31.5 Å². The lowest BCUT2D eigenvalue weighted by molar-refractivity contribution is -0.142. The van der Waals surface area contributed by atoms with Crippen LogP contribution < -0.4 is 20.1 Å². The third-order valence-electron chi connectivity index (χ3n) is 6.39. The van der Waals surface area contributed by atoms with Gasteiger partial charge in [0.1, 0.15) is 23.1 Å². The normalized spacial score (nSPS) is 14.9. The number of rotatable bonds is 15. The lowest BCUT2D eigenvalue weighted by atomic mass is 9.94. The Morgan fingerprint density at radius 3 is 2.19 bits per heavy atom. The van der Waals surface area contributed by atoms with Gasteiger partial charge < -0.3 is 24.8 Å². The van der Waals surface area contributed by atoms with Crippen LogP contribution in [0.1, 0.15) is 43.9 Å². The zero-order chi connectivity index (χ0) is 31.5. The molecule has 43 heavy (non-hydrogen) atoms. The number of benzene rings is 3. The van der Waals surface area contributed by atoms with E-state index in [9.17, 15) is 14.5 Å². The van der Waals surface area contributed by atoms with E-state index in [1.54, 1.807) is 54.6 Å². The quantitative estimate of drug-likeness (QED) is 0.160. The van der Waals surface area contributed by atoms with E-state index in [2.05, 4.69) is 11.2 Å². The third-order valence-corrected chi connectivity index (χ3v) is 7.94. The summed E-state index contributed by atoms with van der Waals surface area (Å²) in [5.74, 6) is 0.247. The van der Waals surface area contributed by atoms with E-state index in [0.29, 0.717) is 17.7 Å². The topological polar surface area (TPSA) is 153 Å². The number of hydrogen-bond donors (Lipinski definition) is 3. The Kier molecular flexibility index (Phi) is 11.9. The van der Waals surface area contributed by atoms with Crippen molar-refractivity contribution in [3.63, 3.8) is 0 Å². The first-order chi connectivity index (χ1) is 20.4. The third kappa shape index (κ3) is 11.1. The fourth-order valence-electron chi connectivity index (χ4n) is 4.06. The number of hydrogen-bond acceptors (Lipinski definition) is 9. The van der Waals surface area contributed by atoms with Gasteiger partial charge in [-0.05, 0) is 87.6 Å². The monoisotopic (exact) mass is 609 g/mol. The molecule has 0 saturated heterocycles. The summed E-state index contributed by atoms with van der Waals surface area (Å²) in [7, 11) is -3.02. The van der Waals surface area contributed by atoms with Gasteiger partial charge in [-0.15, -0.1) is 0 Å². The minimum Gasteiger partial charge on any atom is -0.488 e. The molecule has 2 unspecified atom stereocenters. The van der Waals surface area contributed by atoms with Crippen molar-refractivity contribution < 1.29 is 33.0 Å². The largest absolute Gasteiger partial charge is 0.488 e. The maximum atomic E-state index is 14.2. The van der Waals surface area contributed by atoms with E-state index in [4.69, 9.17) is 29.5 Å². The molecule has 3 atom stereocenters. The molecule has 230 valence electrons. The Morgan fingerprint density at radius 2 is 1.63 bits per heavy atom. The molecule has 0 fully saturated rings. The summed E-state index contributed by atoms with van der Waals surface area (Å²) in [6.07, 6.45) is 0.869. The van der Waals surface area contributed by atoms with E-state index in [0.717, 1.165) is 11.1 Å². The molecule has 0 saturated carbocycles. The number of para-hydroxylation sites is 1. The Labute approximate surface area is 253 Å². The molecule has 3 aromatic carbocycles. The summed E-state index contributed by atoms with van der Waals surface area (Å²) < 4.78 is 36.7. The molecule has 0 aliphatic carbocycles. The van der Waals surface area contributed by atoms with Crippen molar-refractivity contribution in [1.82, 2.24) is 5.09 Å². The van der Waals surface area contributed by atoms with Gasteiger partial charge in [-0.3, -0.25) is 9.32 Å². The predicted molar refractivity (Wildman–Crippen MR) is 164 cm³/mol. The van der Waals surface area contributed by atoms with Crippen LogP contribution in [0.25, 0.3) is 0 Å². The molecule has 0 aromatic heterocycles. The van der Waals surface area contributed by atoms with Crippen molar-refractivity contribution in [3.05, 3.63) is 95.6 Å². The summed E-state index contributed by atoms with van der Waals surface area (Å²) in [6.45, 7) is 5.04. The summed E-state index contributed by atoms with van der Waals surface area (Å²) in [5, 5.41) is 21.9. The second kappa shape index (κ2) is 15.1. The average molecular weight is 610 g/mol. The average Bonchev–Trinajstić information content (AvgIpc) is 2.99. The van der Waals surface area contributed by atoms with Crippen LogP contribution in [0, 0.1) is 11.3 Å². The number of nitrogens with two attached hydrogens (primary N) is 1. The van der Waals surface area contributed by atoms with Crippen LogP contribution in [0.3, 0.4) is 0 Å². The van der Waals surface area contributed by atoms with Crippen molar-refractivity contribution in [2.45, 2.75) is 57.2 Å². The lowest BCUT2D eigenvalue weighted by Gasteiger charge is -2.30. The lowest BCUT2D eigenvalue weighted by Crippen LogP contribution is -2.49. The fraction of sp³-hybridized carbons (Fsp3) is 0.375. The van der Waals surface area contributed by atoms with Gasteiger partial charge in [-0.25, -0.2) is 4.57 Å². The molecule has 0 bridgehead atoms. The predicted octanol–water partition coefficient (Wildman–Crippen LogP) is 4.94. The minimum atomic E-state index is -4.26. The van der Waals surface area contributed by atoms with Crippen molar-refractivity contribution >= 4 is 13.7 Å². The van der Waals surface area contributed by atoms with Crippen molar-refractivity contribution in [2.24, 2.45) is 5.73 Å². The maximum absolute atomic E-state index is 14.2. The molecule has 0 spiro atoms. The zero-order valence-corrected chi connectivity index (χ0v) is 25.9. The van der Waals surface area contributed by atoms with Crippen LogP contribution in [0.4, 0.5) is 0 Å². The molecular formula is C32H40N3O7P. The summed E-state index contributed by atoms with van der Waals surface area (Å²) in [6, 6.07) is 23.6. The van der Waals surface area contributed by atoms with Gasteiger partial charge in [0.15, 0.2) is 0 Å². The molecule has 0 amide bonds. The number of methoxy groups -OCH3 is 1. The highest BCUT2D eigenvalue weighted by Gasteiger charge is 2.37. The van der Waals surface area contributed by atoms with Gasteiger partial charge in [0.25, 0.3) is 0 Å². The van der Waals surface area contributed by atoms with E-state index in [1.165, 1.54) is 7.11 Å². The molecule has 3 aromatic rings. The molecule has 3 rings (SSSR count). The second-order valence-corrected chi connectivity index (χ2v) is 13.0. The van der Waals surface area contributed by atoms with E-state index in [-0.39, 0.29) is 30.8 Å². The highest BCUT2D eigenvalue weighted by Crippen LogP contribution is 2.46. The number of aliphatic hydroxyl groups is 1. The van der Waals surface area contributed by atoms with Crippen LogP contribution in [0.5, 0.6) is 11.5 Å². The first-order valence-corrected chi connectivity index (χ1v) is 15.4. The number of esters is 1. The second-order valence-electron chi connectivity index (χ2n) is 11.3. The summed E-state index contributed by atoms with van der Waals surface area (Å²) in [5.41, 5.74) is 7.01. The highest BCUT2D eigenvalue weighted by atomic mass is 31.2.